The van der Waals surface area contributed by atoms with Crippen molar-refractivity contribution in [3.05, 3.63) is 34.1 Å². The molecule has 0 aliphatic heterocycles. The summed E-state index contributed by atoms with van der Waals surface area (Å²) in [6, 6.07) is 2.07. The lowest BCUT2D eigenvalue weighted by atomic mass is 10.0. The van der Waals surface area contributed by atoms with Crippen LogP contribution in [0.5, 0.6) is 0 Å². The van der Waals surface area contributed by atoms with E-state index in [1.165, 1.54) is 6.07 Å². The molecule has 1 aromatic carbocycles. The van der Waals surface area contributed by atoms with Crippen molar-refractivity contribution in [1.29, 1.82) is 0 Å². The van der Waals surface area contributed by atoms with E-state index in [9.17, 15) is 9.18 Å². The molecule has 5 heteroatoms. The highest BCUT2D eigenvalue weighted by molar-refractivity contribution is 6.32. The molecule has 1 rings (SSSR count). The van der Waals surface area contributed by atoms with Crippen LogP contribution in [0.1, 0.15) is 30.5 Å². The number of halogens is 2. The molecule has 0 unspecified atom stereocenters. The van der Waals surface area contributed by atoms with Gasteiger partial charge in [-0.3, -0.25) is 4.79 Å². The molecule has 0 amide bonds. The quantitative estimate of drug-likeness (QED) is 0.846. The number of esters is 1. The average Bonchev–Trinajstić information content (AvgIpc) is 2.24. The second-order valence-corrected chi connectivity index (χ2v) is 4.09. The second kappa shape index (κ2) is 5.98. The molecule has 1 aromatic rings. The molecule has 0 aromatic heterocycles. The predicted octanol–water partition coefficient (Wildman–Crippen LogP) is 2.74. The highest BCUT2D eigenvalue weighted by atomic mass is 35.5. The Morgan fingerprint density at radius 1 is 1.59 bits per heavy atom. The van der Waals surface area contributed by atoms with Gasteiger partial charge in [-0.05, 0) is 25.5 Å². The number of benzene rings is 1. The minimum Gasteiger partial charge on any atom is -0.466 e. The van der Waals surface area contributed by atoms with Crippen LogP contribution in [0.2, 0.25) is 5.02 Å². The SMILES string of the molecule is CCOC(=O)C[C@H](N)c1c(F)ccc(C)c1Cl. The first kappa shape index (κ1) is 13.9. The summed E-state index contributed by atoms with van der Waals surface area (Å²) < 4.78 is 18.4. The van der Waals surface area contributed by atoms with Crippen LogP contribution in [0, 0.1) is 12.7 Å². The normalized spacial score (nSPS) is 12.3. The summed E-state index contributed by atoms with van der Waals surface area (Å²) in [5.74, 6) is -0.964. The maximum absolute atomic E-state index is 13.6. The van der Waals surface area contributed by atoms with Gasteiger partial charge in [0.05, 0.1) is 18.1 Å². The summed E-state index contributed by atoms with van der Waals surface area (Å²) in [4.78, 5) is 11.3. The lowest BCUT2D eigenvalue weighted by molar-refractivity contribution is -0.143. The van der Waals surface area contributed by atoms with Gasteiger partial charge in [0.25, 0.3) is 0 Å². The summed E-state index contributed by atoms with van der Waals surface area (Å²) in [5.41, 5.74) is 6.66. The van der Waals surface area contributed by atoms with E-state index in [0.717, 1.165) is 5.56 Å². The van der Waals surface area contributed by atoms with Gasteiger partial charge in [-0.25, -0.2) is 4.39 Å². The van der Waals surface area contributed by atoms with Gasteiger partial charge in [-0.15, -0.1) is 0 Å². The molecule has 0 heterocycles. The molecule has 0 bridgehead atoms. The number of nitrogens with two attached hydrogens (primary N) is 1. The molecule has 0 aliphatic rings. The van der Waals surface area contributed by atoms with Crippen molar-refractivity contribution in [2.75, 3.05) is 6.61 Å². The molecule has 0 saturated heterocycles. The molecule has 0 aliphatic carbocycles. The van der Waals surface area contributed by atoms with E-state index < -0.39 is 17.8 Å². The zero-order valence-electron chi connectivity index (χ0n) is 9.80. The largest absolute Gasteiger partial charge is 0.466 e. The number of aryl methyl sites for hydroxylation is 1. The molecular weight excluding hydrogens is 245 g/mol. The fourth-order valence-electron chi connectivity index (χ4n) is 1.52. The van der Waals surface area contributed by atoms with Gasteiger partial charge in [-0.2, -0.15) is 0 Å². The summed E-state index contributed by atoms with van der Waals surface area (Å²) >= 11 is 5.98. The molecule has 0 radical (unpaired) electrons. The molecule has 1 atom stereocenters. The van der Waals surface area contributed by atoms with E-state index >= 15 is 0 Å². The molecule has 3 nitrogen and oxygen atoms in total. The Bertz CT molecular complexity index is 423. The summed E-state index contributed by atoms with van der Waals surface area (Å²) in [7, 11) is 0. The van der Waals surface area contributed by atoms with E-state index in [2.05, 4.69) is 0 Å². The van der Waals surface area contributed by atoms with Crippen molar-refractivity contribution >= 4 is 17.6 Å². The third-order valence-corrected chi connectivity index (χ3v) is 2.88. The summed E-state index contributed by atoms with van der Waals surface area (Å²) in [5, 5.41) is 0.266. The maximum Gasteiger partial charge on any atom is 0.307 e. The van der Waals surface area contributed by atoms with Crippen molar-refractivity contribution in [1.82, 2.24) is 0 Å². The van der Waals surface area contributed by atoms with Crippen molar-refractivity contribution in [2.24, 2.45) is 5.73 Å². The first-order valence-corrected chi connectivity index (χ1v) is 5.70. The van der Waals surface area contributed by atoms with Crippen LogP contribution < -0.4 is 5.73 Å². The Morgan fingerprint density at radius 2 is 2.24 bits per heavy atom. The fraction of sp³-hybridized carbons (Fsp3) is 0.417. The zero-order chi connectivity index (χ0) is 13.0. The van der Waals surface area contributed by atoms with Crippen LogP contribution in [-0.4, -0.2) is 12.6 Å². The van der Waals surface area contributed by atoms with Crippen LogP contribution >= 0.6 is 11.6 Å². The van der Waals surface area contributed by atoms with Crippen molar-refractivity contribution in [2.45, 2.75) is 26.3 Å². The fourth-order valence-corrected chi connectivity index (χ4v) is 1.81. The van der Waals surface area contributed by atoms with Crippen LogP contribution in [0.3, 0.4) is 0 Å². The first-order chi connectivity index (χ1) is 7.97. The van der Waals surface area contributed by atoms with Gasteiger partial charge in [0.1, 0.15) is 5.82 Å². The molecule has 2 N–H and O–H groups in total. The zero-order valence-corrected chi connectivity index (χ0v) is 10.6. The highest BCUT2D eigenvalue weighted by Crippen LogP contribution is 2.29. The number of carbonyl (C=O) groups excluding carboxylic acids is 1. The van der Waals surface area contributed by atoms with Gasteiger partial charge in [0.2, 0.25) is 0 Å². The van der Waals surface area contributed by atoms with Crippen molar-refractivity contribution in [3.63, 3.8) is 0 Å². The Morgan fingerprint density at radius 3 is 2.82 bits per heavy atom. The van der Waals surface area contributed by atoms with E-state index in [-0.39, 0.29) is 23.6 Å². The van der Waals surface area contributed by atoms with Gasteiger partial charge in [-0.1, -0.05) is 17.7 Å². The Kier molecular flexibility index (Phi) is 4.90. The molecule has 0 spiro atoms. The summed E-state index contributed by atoms with van der Waals surface area (Å²) in [6.07, 6.45) is -0.0894. The van der Waals surface area contributed by atoms with Gasteiger partial charge < -0.3 is 10.5 Å². The van der Waals surface area contributed by atoms with Gasteiger partial charge in [0, 0.05) is 11.6 Å². The Balaban J connectivity index is 2.92. The number of rotatable bonds is 4. The molecule has 17 heavy (non-hydrogen) atoms. The van der Waals surface area contributed by atoms with E-state index in [0.29, 0.717) is 0 Å². The summed E-state index contributed by atoms with van der Waals surface area (Å²) in [6.45, 7) is 3.72. The predicted molar refractivity (Wildman–Crippen MR) is 64.3 cm³/mol. The second-order valence-electron chi connectivity index (χ2n) is 3.71. The molecule has 0 saturated carbocycles. The van der Waals surface area contributed by atoms with Gasteiger partial charge >= 0.3 is 5.97 Å². The Hall–Kier alpha value is -1.13. The standard InChI is InChI=1S/C12H15ClFNO2/c1-3-17-10(16)6-9(15)11-8(14)5-4-7(2)12(11)13/h4-5,9H,3,6,15H2,1-2H3/t9-/m0/s1. The number of ether oxygens (including phenoxy) is 1. The maximum atomic E-state index is 13.6. The van der Waals surface area contributed by atoms with Crippen LogP contribution in [0.4, 0.5) is 4.39 Å². The lowest BCUT2D eigenvalue weighted by Gasteiger charge is -2.15. The molecular formula is C12H15ClFNO2. The minimum absolute atomic E-state index is 0.0894. The van der Waals surface area contributed by atoms with Crippen LogP contribution in [-0.2, 0) is 9.53 Å². The average molecular weight is 260 g/mol. The van der Waals surface area contributed by atoms with E-state index in [1.807, 2.05) is 0 Å². The minimum atomic E-state index is -0.790. The third kappa shape index (κ3) is 3.41. The van der Waals surface area contributed by atoms with E-state index in [4.69, 9.17) is 22.1 Å². The Labute approximate surface area is 105 Å². The van der Waals surface area contributed by atoms with Crippen molar-refractivity contribution < 1.29 is 13.9 Å². The smallest absolute Gasteiger partial charge is 0.307 e. The van der Waals surface area contributed by atoms with E-state index in [1.54, 1.807) is 19.9 Å². The molecule has 0 fully saturated rings. The van der Waals surface area contributed by atoms with Crippen LogP contribution in [0.25, 0.3) is 0 Å². The molecule has 94 valence electrons. The monoisotopic (exact) mass is 259 g/mol. The number of hydrogen-bond acceptors (Lipinski definition) is 3. The van der Waals surface area contributed by atoms with Crippen molar-refractivity contribution in [3.8, 4) is 0 Å². The first-order valence-electron chi connectivity index (χ1n) is 5.33. The van der Waals surface area contributed by atoms with Gasteiger partial charge in [0.15, 0.2) is 0 Å². The topological polar surface area (TPSA) is 52.3 Å². The number of hydrogen-bond donors (Lipinski definition) is 1. The number of carbonyl (C=O) groups is 1. The van der Waals surface area contributed by atoms with Crippen LogP contribution in [0.15, 0.2) is 12.1 Å². The highest BCUT2D eigenvalue weighted by Gasteiger charge is 2.20. The lowest BCUT2D eigenvalue weighted by Crippen LogP contribution is -2.19. The third-order valence-electron chi connectivity index (χ3n) is 2.38.